The Morgan fingerprint density at radius 3 is 2.38 bits per heavy atom. The Labute approximate surface area is 94.7 Å². The van der Waals surface area contributed by atoms with Crippen molar-refractivity contribution in [2.45, 2.75) is 12.8 Å². The van der Waals surface area contributed by atoms with Gasteiger partial charge in [-0.3, -0.25) is 4.79 Å². The maximum atomic E-state index is 10.8. The summed E-state index contributed by atoms with van der Waals surface area (Å²) in [5.41, 5.74) is 1.23. The average Bonchev–Trinajstić information content (AvgIpc) is 3.01. The van der Waals surface area contributed by atoms with Crippen molar-refractivity contribution in [3.05, 3.63) is 35.9 Å². The number of aliphatic hydroxyl groups excluding tert-OH is 1. The van der Waals surface area contributed by atoms with E-state index in [9.17, 15) is 4.79 Å². The predicted molar refractivity (Wildman–Crippen MR) is 60.0 cm³/mol. The number of aliphatic hydroxyl groups is 1. The Kier molecular flexibility index (Phi) is 3.25. The van der Waals surface area contributed by atoms with Crippen molar-refractivity contribution in [1.29, 1.82) is 0 Å². The Hall–Kier alpha value is -1.35. The minimum absolute atomic E-state index is 0.00355. The first-order valence-corrected chi connectivity index (χ1v) is 5.61. The van der Waals surface area contributed by atoms with Crippen LogP contribution in [0.3, 0.4) is 0 Å². The van der Waals surface area contributed by atoms with E-state index < -0.39 is 5.97 Å². The highest BCUT2D eigenvalue weighted by Crippen LogP contribution is 2.48. The molecular weight excluding hydrogens is 204 g/mol. The number of aryl methyl sites for hydroxylation is 1. The number of carboxylic acid groups (broad SMARTS) is 1. The predicted octanol–water partition coefficient (Wildman–Crippen LogP) is 1.56. The van der Waals surface area contributed by atoms with Gasteiger partial charge in [0.05, 0.1) is 5.92 Å². The molecule has 1 aliphatic rings. The van der Waals surface area contributed by atoms with Gasteiger partial charge in [-0.1, -0.05) is 30.3 Å². The summed E-state index contributed by atoms with van der Waals surface area (Å²) >= 11 is 0. The maximum Gasteiger partial charge on any atom is 0.307 e. The van der Waals surface area contributed by atoms with Crippen LogP contribution in [0.15, 0.2) is 30.3 Å². The molecule has 0 aromatic heterocycles. The van der Waals surface area contributed by atoms with Crippen molar-refractivity contribution < 1.29 is 15.0 Å². The number of hydrogen-bond acceptors (Lipinski definition) is 2. The molecule has 0 bridgehead atoms. The summed E-state index contributed by atoms with van der Waals surface area (Å²) in [4.78, 5) is 10.8. The third-order valence-corrected chi connectivity index (χ3v) is 3.44. The Morgan fingerprint density at radius 2 is 1.88 bits per heavy atom. The Balaban J connectivity index is 1.86. The Bertz CT molecular complexity index is 361. The molecule has 3 nitrogen and oxygen atoms in total. The lowest BCUT2D eigenvalue weighted by Crippen LogP contribution is -2.02. The van der Waals surface area contributed by atoms with Gasteiger partial charge in [0.2, 0.25) is 0 Å². The molecule has 1 aromatic rings. The summed E-state index contributed by atoms with van der Waals surface area (Å²) in [6.45, 7) is -0.00355. The molecule has 0 aliphatic heterocycles. The molecule has 1 fully saturated rings. The standard InChI is InChI=1S/C13H16O3/c14-8-11-10(12(11)13(15)16)7-6-9-4-2-1-3-5-9/h1-5,10-12,14H,6-8H2,(H,15,16). The molecule has 3 heteroatoms. The molecule has 3 unspecified atom stereocenters. The fourth-order valence-corrected chi connectivity index (χ4v) is 2.43. The van der Waals surface area contributed by atoms with Crippen molar-refractivity contribution in [3.63, 3.8) is 0 Å². The van der Waals surface area contributed by atoms with Crippen LogP contribution in [0.5, 0.6) is 0 Å². The first kappa shape index (κ1) is 11.1. The van der Waals surface area contributed by atoms with Gasteiger partial charge in [0.15, 0.2) is 0 Å². The summed E-state index contributed by atoms with van der Waals surface area (Å²) < 4.78 is 0. The quantitative estimate of drug-likeness (QED) is 0.791. The summed E-state index contributed by atoms with van der Waals surface area (Å²) in [7, 11) is 0. The number of carboxylic acids is 1. The lowest BCUT2D eigenvalue weighted by molar-refractivity contribution is -0.139. The lowest BCUT2D eigenvalue weighted by Gasteiger charge is -1.99. The van der Waals surface area contributed by atoms with E-state index in [4.69, 9.17) is 10.2 Å². The van der Waals surface area contributed by atoms with Crippen LogP contribution < -0.4 is 0 Å². The normalized spacial score (nSPS) is 27.7. The van der Waals surface area contributed by atoms with Gasteiger partial charge in [-0.2, -0.15) is 0 Å². The molecule has 86 valence electrons. The van der Waals surface area contributed by atoms with E-state index in [1.807, 2.05) is 30.3 Å². The lowest BCUT2D eigenvalue weighted by atomic mass is 10.1. The molecule has 0 amide bonds. The molecule has 2 N–H and O–H groups in total. The molecule has 0 saturated heterocycles. The summed E-state index contributed by atoms with van der Waals surface area (Å²) in [6, 6.07) is 10.0. The first-order valence-electron chi connectivity index (χ1n) is 5.61. The van der Waals surface area contributed by atoms with E-state index >= 15 is 0 Å². The minimum Gasteiger partial charge on any atom is -0.481 e. The molecule has 1 aromatic carbocycles. The average molecular weight is 220 g/mol. The fraction of sp³-hybridized carbons (Fsp3) is 0.462. The molecule has 0 heterocycles. The van der Waals surface area contributed by atoms with Gasteiger partial charge >= 0.3 is 5.97 Å². The van der Waals surface area contributed by atoms with Crippen LogP contribution in [0.2, 0.25) is 0 Å². The molecule has 2 rings (SSSR count). The van der Waals surface area contributed by atoms with Crippen molar-refractivity contribution in [2.75, 3.05) is 6.61 Å². The van der Waals surface area contributed by atoms with Gasteiger partial charge in [-0.15, -0.1) is 0 Å². The summed E-state index contributed by atoms with van der Waals surface area (Å²) in [6.07, 6.45) is 1.75. The second-order valence-corrected chi connectivity index (χ2v) is 4.40. The Morgan fingerprint density at radius 1 is 1.19 bits per heavy atom. The zero-order valence-corrected chi connectivity index (χ0v) is 9.04. The SMILES string of the molecule is O=C(O)C1C(CO)C1CCc1ccccc1. The molecule has 16 heavy (non-hydrogen) atoms. The van der Waals surface area contributed by atoms with Crippen molar-refractivity contribution >= 4 is 5.97 Å². The fourth-order valence-electron chi connectivity index (χ4n) is 2.43. The van der Waals surface area contributed by atoms with Crippen LogP contribution in [0.1, 0.15) is 12.0 Å². The van der Waals surface area contributed by atoms with E-state index in [2.05, 4.69) is 0 Å². The van der Waals surface area contributed by atoms with Crippen molar-refractivity contribution in [1.82, 2.24) is 0 Å². The topological polar surface area (TPSA) is 57.5 Å². The molecule has 1 saturated carbocycles. The minimum atomic E-state index is -0.767. The van der Waals surface area contributed by atoms with E-state index in [-0.39, 0.29) is 24.4 Å². The van der Waals surface area contributed by atoms with Crippen molar-refractivity contribution in [3.8, 4) is 0 Å². The van der Waals surface area contributed by atoms with E-state index in [0.717, 1.165) is 12.8 Å². The van der Waals surface area contributed by atoms with E-state index in [1.165, 1.54) is 5.56 Å². The van der Waals surface area contributed by atoms with Gasteiger partial charge < -0.3 is 10.2 Å². The third kappa shape index (κ3) is 2.25. The molecular formula is C13H16O3. The molecule has 1 aliphatic carbocycles. The number of carbonyl (C=O) groups is 1. The number of hydrogen-bond donors (Lipinski definition) is 2. The van der Waals surface area contributed by atoms with Crippen molar-refractivity contribution in [2.24, 2.45) is 17.8 Å². The number of aliphatic carboxylic acids is 1. The van der Waals surface area contributed by atoms with E-state index in [1.54, 1.807) is 0 Å². The highest BCUT2D eigenvalue weighted by molar-refractivity contribution is 5.74. The highest BCUT2D eigenvalue weighted by atomic mass is 16.4. The number of benzene rings is 1. The van der Waals surface area contributed by atoms with Crippen LogP contribution in [-0.4, -0.2) is 22.8 Å². The smallest absolute Gasteiger partial charge is 0.307 e. The monoisotopic (exact) mass is 220 g/mol. The van der Waals surface area contributed by atoms with Crippen LogP contribution in [0, 0.1) is 17.8 Å². The van der Waals surface area contributed by atoms with Crippen LogP contribution >= 0.6 is 0 Å². The van der Waals surface area contributed by atoms with E-state index in [0.29, 0.717) is 0 Å². The van der Waals surface area contributed by atoms with Gasteiger partial charge in [-0.05, 0) is 30.2 Å². The molecule has 0 radical (unpaired) electrons. The summed E-state index contributed by atoms with van der Waals surface area (Å²) in [5, 5.41) is 17.9. The first-order chi connectivity index (χ1) is 7.74. The highest BCUT2D eigenvalue weighted by Gasteiger charge is 2.53. The van der Waals surface area contributed by atoms with Gasteiger partial charge in [-0.25, -0.2) is 0 Å². The van der Waals surface area contributed by atoms with Crippen LogP contribution in [-0.2, 0) is 11.2 Å². The second kappa shape index (κ2) is 4.66. The van der Waals surface area contributed by atoms with Gasteiger partial charge in [0.25, 0.3) is 0 Å². The molecule has 0 spiro atoms. The zero-order chi connectivity index (χ0) is 11.5. The third-order valence-electron chi connectivity index (χ3n) is 3.44. The molecule has 3 atom stereocenters. The summed E-state index contributed by atoms with van der Waals surface area (Å²) in [5.74, 6) is -0.963. The van der Waals surface area contributed by atoms with Gasteiger partial charge in [0, 0.05) is 6.61 Å². The largest absolute Gasteiger partial charge is 0.481 e. The number of rotatable bonds is 5. The van der Waals surface area contributed by atoms with Gasteiger partial charge in [0.1, 0.15) is 0 Å². The zero-order valence-electron chi connectivity index (χ0n) is 9.04. The van der Waals surface area contributed by atoms with Crippen LogP contribution in [0.25, 0.3) is 0 Å². The van der Waals surface area contributed by atoms with Crippen LogP contribution in [0.4, 0.5) is 0 Å². The maximum absolute atomic E-state index is 10.8. The second-order valence-electron chi connectivity index (χ2n) is 4.40.